The van der Waals surface area contributed by atoms with Crippen molar-refractivity contribution in [3.63, 3.8) is 0 Å². The highest BCUT2D eigenvalue weighted by molar-refractivity contribution is 5.92. The molecule has 1 aliphatic rings. The highest BCUT2D eigenvalue weighted by Crippen LogP contribution is 2.53. The number of alkyl halides is 2. The van der Waals surface area contributed by atoms with Crippen LogP contribution in [0.25, 0.3) is 5.82 Å². The molecule has 1 amide bonds. The van der Waals surface area contributed by atoms with Crippen molar-refractivity contribution in [2.24, 2.45) is 5.73 Å². The summed E-state index contributed by atoms with van der Waals surface area (Å²) >= 11 is 0. The predicted octanol–water partition coefficient (Wildman–Crippen LogP) is 2.07. The third-order valence-corrected chi connectivity index (χ3v) is 4.82. The lowest BCUT2D eigenvalue weighted by Gasteiger charge is -2.47. The van der Waals surface area contributed by atoms with Crippen LogP contribution in [-0.4, -0.2) is 43.3 Å². The maximum atomic E-state index is 14.2. The molecule has 1 aliphatic carbocycles. The van der Waals surface area contributed by atoms with Crippen LogP contribution in [-0.2, 0) is 5.41 Å². The molecule has 0 spiro atoms. The molecule has 3 heterocycles. The van der Waals surface area contributed by atoms with E-state index in [-0.39, 0.29) is 17.8 Å². The number of rotatable bonds is 6. The summed E-state index contributed by atoms with van der Waals surface area (Å²) in [5.41, 5.74) is 4.29. The molecular formula is C18H16F3N7O. The molecule has 29 heavy (non-hydrogen) atoms. The normalized spacial score (nSPS) is 16.8. The third-order valence-electron chi connectivity index (χ3n) is 4.82. The molecule has 1 saturated carbocycles. The van der Waals surface area contributed by atoms with Gasteiger partial charge in [-0.2, -0.15) is 5.10 Å². The maximum absolute atomic E-state index is 14.2. The molecule has 3 aromatic rings. The molecule has 3 N–H and O–H groups in total. The Morgan fingerprint density at radius 3 is 2.62 bits per heavy atom. The quantitative estimate of drug-likeness (QED) is 0.652. The number of hydrogen-bond donors (Lipinski definition) is 2. The van der Waals surface area contributed by atoms with Gasteiger partial charge in [0, 0.05) is 37.2 Å². The molecule has 11 heteroatoms. The molecular weight excluding hydrogens is 387 g/mol. The highest BCUT2D eigenvalue weighted by atomic mass is 19.3. The fourth-order valence-corrected chi connectivity index (χ4v) is 3.47. The number of nitrogens with zero attached hydrogens (tertiary/aromatic N) is 5. The lowest BCUT2D eigenvalue weighted by atomic mass is 9.63. The van der Waals surface area contributed by atoms with Gasteiger partial charge < -0.3 is 11.1 Å². The number of halogens is 3. The molecule has 3 aromatic heterocycles. The highest BCUT2D eigenvalue weighted by Gasteiger charge is 2.59. The molecule has 0 aliphatic heterocycles. The number of aromatic nitrogens is 5. The van der Waals surface area contributed by atoms with Gasteiger partial charge >= 0.3 is 0 Å². The van der Waals surface area contributed by atoms with Crippen LogP contribution in [0.5, 0.6) is 0 Å². The van der Waals surface area contributed by atoms with Gasteiger partial charge in [0.15, 0.2) is 5.82 Å². The second-order valence-electron chi connectivity index (χ2n) is 6.99. The Morgan fingerprint density at radius 1 is 1.24 bits per heavy atom. The summed E-state index contributed by atoms with van der Waals surface area (Å²) in [6, 6.07) is 5.78. The van der Waals surface area contributed by atoms with Gasteiger partial charge in [0.1, 0.15) is 11.6 Å². The van der Waals surface area contributed by atoms with Crippen LogP contribution in [0.15, 0.2) is 42.9 Å². The number of amides is 1. The van der Waals surface area contributed by atoms with Gasteiger partial charge in [-0.05, 0) is 24.3 Å². The Hall–Kier alpha value is -3.50. The Labute approximate surface area is 163 Å². The summed E-state index contributed by atoms with van der Waals surface area (Å²) < 4.78 is 42.8. The van der Waals surface area contributed by atoms with Crippen molar-refractivity contribution in [1.29, 1.82) is 0 Å². The van der Waals surface area contributed by atoms with E-state index < -0.39 is 35.9 Å². The third kappa shape index (κ3) is 3.62. The summed E-state index contributed by atoms with van der Waals surface area (Å²) in [6.07, 6.45) is 3.09. The number of nitrogens with one attached hydrogen (secondary N) is 1. The van der Waals surface area contributed by atoms with E-state index in [2.05, 4.69) is 25.6 Å². The Balaban J connectivity index is 1.50. The largest absolute Gasteiger partial charge is 0.368 e. The molecule has 0 unspecified atom stereocenters. The van der Waals surface area contributed by atoms with Crippen LogP contribution in [0.2, 0.25) is 0 Å². The lowest BCUT2D eigenvalue weighted by molar-refractivity contribution is -0.124. The Morgan fingerprint density at radius 2 is 2.03 bits per heavy atom. The van der Waals surface area contributed by atoms with Crippen molar-refractivity contribution in [1.82, 2.24) is 25.0 Å². The number of hydrogen-bond acceptors (Lipinski definition) is 6. The zero-order valence-corrected chi connectivity index (χ0v) is 15.0. The molecule has 0 bridgehead atoms. The minimum absolute atomic E-state index is 0.0125. The number of primary amides is 1. The van der Waals surface area contributed by atoms with E-state index in [9.17, 15) is 18.0 Å². The van der Waals surface area contributed by atoms with Gasteiger partial charge in [0.05, 0.1) is 17.5 Å². The van der Waals surface area contributed by atoms with Crippen molar-refractivity contribution in [2.45, 2.75) is 24.2 Å². The number of pyridine rings is 1. The maximum Gasteiger partial charge on any atom is 0.251 e. The number of nitrogens with two attached hydrogens (primary N) is 1. The van der Waals surface area contributed by atoms with Crippen LogP contribution in [0.1, 0.15) is 28.9 Å². The first-order valence-electron chi connectivity index (χ1n) is 8.69. The van der Waals surface area contributed by atoms with E-state index in [1.54, 1.807) is 12.1 Å². The molecule has 0 aromatic carbocycles. The Kier molecular flexibility index (Phi) is 4.44. The topological polar surface area (TPSA) is 112 Å². The molecule has 150 valence electrons. The summed E-state index contributed by atoms with van der Waals surface area (Å²) in [7, 11) is 0. The summed E-state index contributed by atoms with van der Waals surface area (Å²) in [6.45, 7) is 0.0259. The second-order valence-corrected chi connectivity index (χ2v) is 6.99. The Bertz CT molecular complexity index is 1040. The first-order valence-corrected chi connectivity index (χ1v) is 8.69. The number of carbonyl (C=O) groups excluding carboxylic acids is 1. The van der Waals surface area contributed by atoms with E-state index in [1.807, 2.05) is 0 Å². The minimum Gasteiger partial charge on any atom is -0.368 e. The smallest absolute Gasteiger partial charge is 0.251 e. The zero-order chi connectivity index (χ0) is 20.6. The molecule has 1 fully saturated rings. The average molecular weight is 403 g/mol. The minimum atomic E-state index is -2.86. The molecule has 0 atom stereocenters. The van der Waals surface area contributed by atoms with E-state index in [1.165, 1.54) is 35.4 Å². The van der Waals surface area contributed by atoms with Crippen molar-refractivity contribution in [2.75, 3.05) is 11.9 Å². The number of anilines is 1. The summed E-state index contributed by atoms with van der Waals surface area (Å²) in [5, 5.41) is 14.9. The van der Waals surface area contributed by atoms with Gasteiger partial charge in [-0.1, -0.05) is 0 Å². The van der Waals surface area contributed by atoms with E-state index in [0.717, 1.165) is 0 Å². The predicted molar refractivity (Wildman–Crippen MR) is 96.2 cm³/mol. The van der Waals surface area contributed by atoms with Crippen LogP contribution >= 0.6 is 0 Å². The SMILES string of the molecule is NC(=O)c1cnn(-c2ccc(NCC3(c4ncccc4F)CC(F)(F)C3)nn2)c1. The fourth-order valence-electron chi connectivity index (χ4n) is 3.47. The van der Waals surface area contributed by atoms with Crippen molar-refractivity contribution < 1.29 is 18.0 Å². The standard InChI is InChI=1S/C18H16F3N7O/c19-12-2-1-5-23-15(12)17(8-18(20,21)9-17)10-24-13-3-4-14(27-26-13)28-7-11(6-25-28)16(22)29/h1-7H,8-10H2,(H2,22,29)(H,24,26). The van der Waals surface area contributed by atoms with Gasteiger partial charge in [-0.15, -0.1) is 10.2 Å². The van der Waals surface area contributed by atoms with Crippen molar-refractivity contribution in [3.05, 3.63) is 59.9 Å². The van der Waals surface area contributed by atoms with Gasteiger partial charge in [-0.3, -0.25) is 9.78 Å². The summed E-state index contributed by atoms with van der Waals surface area (Å²) in [5.74, 6) is -3.44. The molecule has 4 rings (SSSR count). The monoisotopic (exact) mass is 403 g/mol. The van der Waals surface area contributed by atoms with Crippen LogP contribution < -0.4 is 11.1 Å². The van der Waals surface area contributed by atoms with Gasteiger partial charge in [0.25, 0.3) is 5.91 Å². The molecule has 0 saturated heterocycles. The van der Waals surface area contributed by atoms with E-state index in [4.69, 9.17) is 5.73 Å². The first kappa shape index (κ1) is 18.8. The molecule has 8 nitrogen and oxygen atoms in total. The fraction of sp³-hybridized carbons (Fsp3) is 0.278. The van der Waals surface area contributed by atoms with Crippen molar-refractivity contribution in [3.8, 4) is 5.82 Å². The average Bonchev–Trinajstić information content (AvgIpc) is 3.16. The summed E-state index contributed by atoms with van der Waals surface area (Å²) in [4.78, 5) is 15.1. The van der Waals surface area contributed by atoms with Gasteiger partial charge in [0.2, 0.25) is 5.92 Å². The van der Waals surface area contributed by atoms with E-state index in [0.29, 0.717) is 11.6 Å². The first-order chi connectivity index (χ1) is 13.8. The van der Waals surface area contributed by atoms with Crippen molar-refractivity contribution >= 4 is 11.7 Å². The van der Waals surface area contributed by atoms with E-state index >= 15 is 0 Å². The van der Waals surface area contributed by atoms with Crippen LogP contribution in [0.3, 0.4) is 0 Å². The second kappa shape index (κ2) is 6.83. The lowest BCUT2D eigenvalue weighted by Crippen LogP contribution is -2.54. The van der Waals surface area contributed by atoms with Crippen LogP contribution in [0.4, 0.5) is 19.0 Å². The van der Waals surface area contributed by atoms with Crippen LogP contribution in [0, 0.1) is 5.82 Å². The van der Waals surface area contributed by atoms with Gasteiger partial charge in [-0.25, -0.2) is 17.9 Å². The molecule has 0 radical (unpaired) electrons. The number of carbonyl (C=O) groups is 1. The zero-order valence-electron chi connectivity index (χ0n) is 15.0.